The molecule has 1 N–H and O–H groups in total. The van der Waals surface area contributed by atoms with E-state index in [0.717, 1.165) is 32.2 Å². The van der Waals surface area contributed by atoms with Gasteiger partial charge in [0.15, 0.2) is 0 Å². The first-order valence-corrected chi connectivity index (χ1v) is 6.74. The van der Waals surface area contributed by atoms with Crippen molar-refractivity contribution in [2.75, 3.05) is 47.0 Å². The molecule has 18 heavy (non-hydrogen) atoms. The van der Waals surface area contributed by atoms with Gasteiger partial charge in [-0.25, -0.2) is 0 Å². The quantitative estimate of drug-likeness (QED) is 0.457. The zero-order chi connectivity index (χ0) is 13.4. The molecular formula is C13H26N2O3. The molecule has 0 heterocycles. The summed E-state index contributed by atoms with van der Waals surface area (Å²) in [6, 6.07) is -0.256. The second kappa shape index (κ2) is 8.45. The predicted octanol–water partition coefficient (Wildman–Crippen LogP) is 0.496. The molecule has 0 aromatic rings. The van der Waals surface area contributed by atoms with Crippen LogP contribution in [-0.4, -0.2) is 63.9 Å². The topological polar surface area (TPSA) is 50.8 Å². The van der Waals surface area contributed by atoms with Crippen molar-refractivity contribution in [3.8, 4) is 0 Å². The molecule has 1 unspecified atom stereocenters. The minimum absolute atomic E-state index is 0.206. The number of carbonyl (C=O) groups is 1. The van der Waals surface area contributed by atoms with Crippen LogP contribution in [0.3, 0.4) is 0 Å². The highest BCUT2D eigenvalue weighted by Gasteiger charge is 2.22. The molecule has 106 valence electrons. The first kappa shape index (κ1) is 15.4. The third kappa shape index (κ3) is 6.33. The average molecular weight is 258 g/mol. The van der Waals surface area contributed by atoms with E-state index in [-0.39, 0.29) is 12.0 Å². The fourth-order valence-electron chi connectivity index (χ4n) is 1.77. The van der Waals surface area contributed by atoms with Gasteiger partial charge in [0.05, 0.1) is 13.7 Å². The summed E-state index contributed by atoms with van der Waals surface area (Å²) in [6.07, 6.45) is 2.64. The molecule has 1 aliphatic carbocycles. The Kier molecular flexibility index (Phi) is 7.23. The maximum atomic E-state index is 11.5. The lowest BCUT2D eigenvalue weighted by atomic mass is 10.2. The molecule has 0 saturated heterocycles. The average Bonchev–Trinajstić information content (AvgIpc) is 3.17. The van der Waals surface area contributed by atoms with Gasteiger partial charge in [0, 0.05) is 19.7 Å². The third-order valence-electron chi connectivity index (χ3n) is 3.10. The van der Waals surface area contributed by atoms with Crippen LogP contribution >= 0.6 is 0 Å². The minimum atomic E-state index is -0.256. The van der Waals surface area contributed by atoms with Crippen LogP contribution in [-0.2, 0) is 14.3 Å². The van der Waals surface area contributed by atoms with Gasteiger partial charge in [-0.05, 0) is 32.4 Å². The first-order chi connectivity index (χ1) is 8.67. The molecule has 0 bridgehead atoms. The Balaban J connectivity index is 2.13. The molecule has 0 amide bonds. The van der Waals surface area contributed by atoms with E-state index in [4.69, 9.17) is 9.47 Å². The minimum Gasteiger partial charge on any atom is -0.468 e. The van der Waals surface area contributed by atoms with Gasteiger partial charge < -0.3 is 19.7 Å². The lowest BCUT2D eigenvalue weighted by Gasteiger charge is -2.22. The van der Waals surface area contributed by atoms with E-state index in [2.05, 4.69) is 10.2 Å². The number of likely N-dealkylation sites (N-methyl/N-ethyl adjacent to an activating group) is 2. The van der Waals surface area contributed by atoms with Crippen molar-refractivity contribution in [1.82, 2.24) is 10.2 Å². The van der Waals surface area contributed by atoms with E-state index in [1.54, 1.807) is 0 Å². The van der Waals surface area contributed by atoms with Crippen LogP contribution in [0, 0.1) is 5.92 Å². The lowest BCUT2D eigenvalue weighted by molar-refractivity contribution is -0.143. The molecule has 1 aliphatic rings. The highest BCUT2D eigenvalue weighted by molar-refractivity contribution is 5.75. The Morgan fingerprint density at radius 3 is 2.78 bits per heavy atom. The molecule has 1 fully saturated rings. The molecule has 0 aromatic heterocycles. The summed E-state index contributed by atoms with van der Waals surface area (Å²) in [5.74, 6) is 0.600. The zero-order valence-electron chi connectivity index (χ0n) is 11.8. The van der Waals surface area contributed by atoms with E-state index < -0.39 is 0 Å². The number of hydrogen-bond acceptors (Lipinski definition) is 5. The fraction of sp³-hybridized carbons (Fsp3) is 0.923. The highest BCUT2D eigenvalue weighted by atomic mass is 16.5. The maximum Gasteiger partial charge on any atom is 0.324 e. The summed E-state index contributed by atoms with van der Waals surface area (Å²) < 4.78 is 10.4. The number of carbonyl (C=O) groups excluding carboxylic acids is 1. The Bertz CT molecular complexity index is 244. The largest absolute Gasteiger partial charge is 0.468 e. The second-order valence-electron chi connectivity index (χ2n) is 4.91. The Hall–Kier alpha value is -0.650. The Labute approximate surface area is 110 Å². The van der Waals surface area contributed by atoms with Crippen molar-refractivity contribution < 1.29 is 14.3 Å². The Morgan fingerprint density at radius 1 is 1.50 bits per heavy atom. The van der Waals surface area contributed by atoms with E-state index in [1.165, 1.54) is 20.0 Å². The molecular weight excluding hydrogens is 232 g/mol. The molecule has 0 radical (unpaired) electrons. The molecule has 5 nitrogen and oxygen atoms in total. The van der Waals surface area contributed by atoms with E-state index in [1.807, 2.05) is 14.0 Å². The number of ether oxygens (including phenoxy) is 2. The van der Waals surface area contributed by atoms with E-state index in [0.29, 0.717) is 6.54 Å². The molecule has 0 aliphatic heterocycles. The van der Waals surface area contributed by atoms with Crippen molar-refractivity contribution in [3.63, 3.8) is 0 Å². The van der Waals surface area contributed by atoms with Crippen molar-refractivity contribution >= 4 is 5.97 Å². The van der Waals surface area contributed by atoms with Crippen LogP contribution < -0.4 is 5.32 Å². The van der Waals surface area contributed by atoms with Gasteiger partial charge in [-0.2, -0.15) is 0 Å². The molecule has 1 saturated carbocycles. The zero-order valence-corrected chi connectivity index (χ0v) is 11.8. The third-order valence-corrected chi connectivity index (χ3v) is 3.10. The summed E-state index contributed by atoms with van der Waals surface area (Å²) in [7, 11) is 3.42. The molecule has 1 rings (SSSR count). The van der Waals surface area contributed by atoms with E-state index >= 15 is 0 Å². The van der Waals surface area contributed by atoms with Gasteiger partial charge in [-0.15, -0.1) is 0 Å². The summed E-state index contributed by atoms with van der Waals surface area (Å²) in [5.41, 5.74) is 0. The number of methoxy groups -OCH3 is 1. The van der Waals surface area contributed by atoms with Gasteiger partial charge in [0.25, 0.3) is 0 Å². The summed E-state index contributed by atoms with van der Waals surface area (Å²) in [6.45, 7) is 5.84. The van der Waals surface area contributed by atoms with Gasteiger partial charge in [0.2, 0.25) is 0 Å². The standard InChI is InChI=1S/C13H26N2O3/c1-4-14-12(13(16)17-3)9-15(2)7-8-18-10-11-5-6-11/h11-12,14H,4-10H2,1-3H3. The SMILES string of the molecule is CCNC(CN(C)CCOCC1CC1)C(=O)OC. The highest BCUT2D eigenvalue weighted by Crippen LogP contribution is 2.28. The number of nitrogens with one attached hydrogen (secondary N) is 1. The van der Waals surface area contributed by atoms with Crippen molar-refractivity contribution in [2.45, 2.75) is 25.8 Å². The predicted molar refractivity (Wildman–Crippen MR) is 70.5 cm³/mol. The monoisotopic (exact) mass is 258 g/mol. The smallest absolute Gasteiger partial charge is 0.324 e. The number of nitrogens with zero attached hydrogens (tertiary/aromatic N) is 1. The molecule has 5 heteroatoms. The van der Waals surface area contributed by atoms with Crippen LogP contribution in [0.25, 0.3) is 0 Å². The number of esters is 1. The lowest BCUT2D eigenvalue weighted by Crippen LogP contribution is -2.46. The Morgan fingerprint density at radius 2 is 2.22 bits per heavy atom. The summed E-state index contributed by atoms with van der Waals surface area (Å²) in [5, 5.41) is 3.13. The maximum absolute atomic E-state index is 11.5. The van der Waals surface area contributed by atoms with Gasteiger partial charge in [0.1, 0.15) is 6.04 Å². The van der Waals surface area contributed by atoms with Crippen molar-refractivity contribution in [3.05, 3.63) is 0 Å². The van der Waals surface area contributed by atoms with Crippen LogP contribution in [0.5, 0.6) is 0 Å². The molecule has 0 aromatic carbocycles. The van der Waals surface area contributed by atoms with Crippen LogP contribution in [0.4, 0.5) is 0 Å². The number of hydrogen-bond donors (Lipinski definition) is 1. The first-order valence-electron chi connectivity index (χ1n) is 6.74. The van der Waals surface area contributed by atoms with Gasteiger partial charge in [-0.3, -0.25) is 4.79 Å². The van der Waals surface area contributed by atoms with Crippen LogP contribution in [0.15, 0.2) is 0 Å². The normalized spacial score (nSPS) is 16.9. The van der Waals surface area contributed by atoms with E-state index in [9.17, 15) is 4.79 Å². The molecule has 1 atom stereocenters. The van der Waals surface area contributed by atoms with Crippen LogP contribution in [0.2, 0.25) is 0 Å². The van der Waals surface area contributed by atoms with Crippen molar-refractivity contribution in [1.29, 1.82) is 0 Å². The number of rotatable bonds is 10. The molecule has 0 spiro atoms. The van der Waals surface area contributed by atoms with Gasteiger partial charge >= 0.3 is 5.97 Å². The summed E-state index contributed by atoms with van der Waals surface area (Å²) in [4.78, 5) is 13.6. The summed E-state index contributed by atoms with van der Waals surface area (Å²) >= 11 is 0. The van der Waals surface area contributed by atoms with Gasteiger partial charge in [-0.1, -0.05) is 6.92 Å². The fourth-order valence-corrected chi connectivity index (χ4v) is 1.77. The van der Waals surface area contributed by atoms with Crippen LogP contribution in [0.1, 0.15) is 19.8 Å². The second-order valence-corrected chi connectivity index (χ2v) is 4.91. The van der Waals surface area contributed by atoms with Crippen molar-refractivity contribution in [2.24, 2.45) is 5.92 Å².